The number of ether oxygens (including phenoxy) is 1. The minimum absolute atomic E-state index is 0.132. The van der Waals surface area contributed by atoms with Crippen LogP contribution >= 0.6 is 11.6 Å². The Morgan fingerprint density at radius 1 is 1.60 bits per heavy atom. The molecule has 0 saturated carbocycles. The minimum Gasteiger partial charge on any atom is -0.477 e. The van der Waals surface area contributed by atoms with Crippen LogP contribution in [-0.2, 0) is 0 Å². The molecule has 82 valence electrons. The fraction of sp³-hybridized carbons (Fsp3) is 0.400. The molecule has 0 atom stereocenters. The van der Waals surface area contributed by atoms with E-state index in [1.165, 1.54) is 11.1 Å². The van der Waals surface area contributed by atoms with Crippen LogP contribution in [0.3, 0.4) is 0 Å². The molecule has 0 aliphatic rings. The normalized spacial score (nSPS) is 9.87. The lowest BCUT2D eigenvalue weighted by atomic mass is 10.2. The van der Waals surface area contributed by atoms with Gasteiger partial charge in [-0.2, -0.15) is 0 Å². The Morgan fingerprint density at radius 2 is 2.27 bits per heavy atom. The van der Waals surface area contributed by atoms with Crippen LogP contribution in [0.25, 0.3) is 0 Å². The van der Waals surface area contributed by atoms with Gasteiger partial charge in [-0.15, -0.1) is 0 Å². The van der Waals surface area contributed by atoms with E-state index in [4.69, 9.17) is 16.3 Å². The topological polar surface area (TPSA) is 42.4 Å². The number of carbonyl (C=O) groups is 1. The van der Waals surface area contributed by atoms with Gasteiger partial charge in [-0.05, 0) is 13.0 Å². The molecule has 4 nitrogen and oxygen atoms in total. The molecule has 0 N–H and O–H groups in total. The first-order valence-electron chi connectivity index (χ1n) is 4.56. The van der Waals surface area contributed by atoms with Crippen LogP contribution in [0.2, 0.25) is 5.02 Å². The molecule has 0 aliphatic heterocycles. The molecular weight excluding hydrogens is 216 g/mol. The molecule has 1 rings (SSSR count). The quantitative estimate of drug-likeness (QED) is 0.793. The Bertz CT molecular complexity index is 366. The van der Waals surface area contributed by atoms with E-state index in [1.54, 1.807) is 20.2 Å². The van der Waals surface area contributed by atoms with Crippen LogP contribution in [0.5, 0.6) is 5.88 Å². The van der Waals surface area contributed by atoms with E-state index >= 15 is 0 Å². The van der Waals surface area contributed by atoms with E-state index in [-0.39, 0.29) is 5.91 Å². The van der Waals surface area contributed by atoms with Crippen LogP contribution in [0.4, 0.5) is 0 Å². The number of rotatable bonds is 3. The van der Waals surface area contributed by atoms with Crippen molar-refractivity contribution in [2.24, 2.45) is 0 Å². The Kier molecular flexibility index (Phi) is 3.91. The molecule has 0 aliphatic carbocycles. The van der Waals surface area contributed by atoms with Gasteiger partial charge in [-0.25, -0.2) is 4.98 Å². The number of hydrogen-bond acceptors (Lipinski definition) is 3. The van der Waals surface area contributed by atoms with Crippen molar-refractivity contribution in [3.8, 4) is 5.88 Å². The SMILES string of the molecule is CCOc1ncc(C(=O)N(C)C)cc1Cl. The van der Waals surface area contributed by atoms with Crippen molar-refractivity contribution in [2.45, 2.75) is 6.92 Å². The second kappa shape index (κ2) is 4.98. The highest BCUT2D eigenvalue weighted by Crippen LogP contribution is 2.22. The average molecular weight is 229 g/mol. The third-order valence-corrected chi connectivity index (χ3v) is 2.01. The summed E-state index contributed by atoms with van der Waals surface area (Å²) in [5.41, 5.74) is 0.452. The van der Waals surface area contributed by atoms with Crippen molar-refractivity contribution in [3.05, 3.63) is 22.8 Å². The summed E-state index contributed by atoms with van der Waals surface area (Å²) in [7, 11) is 3.35. The van der Waals surface area contributed by atoms with Crippen LogP contribution in [0.1, 0.15) is 17.3 Å². The lowest BCUT2D eigenvalue weighted by molar-refractivity contribution is 0.0827. The van der Waals surface area contributed by atoms with Crippen molar-refractivity contribution in [2.75, 3.05) is 20.7 Å². The number of hydrogen-bond donors (Lipinski definition) is 0. The van der Waals surface area contributed by atoms with E-state index in [0.29, 0.717) is 23.1 Å². The van der Waals surface area contributed by atoms with Gasteiger partial charge in [0, 0.05) is 20.3 Å². The average Bonchev–Trinajstić information content (AvgIpc) is 2.20. The molecule has 1 aromatic heterocycles. The Labute approximate surface area is 93.8 Å². The zero-order chi connectivity index (χ0) is 11.4. The first-order valence-corrected chi connectivity index (χ1v) is 4.94. The van der Waals surface area contributed by atoms with Gasteiger partial charge in [0.25, 0.3) is 5.91 Å². The molecule has 0 saturated heterocycles. The van der Waals surface area contributed by atoms with Gasteiger partial charge in [-0.1, -0.05) is 11.6 Å². The number of aromatic nitrogens is 1. The number of amides is 1. The van der Waals surface area contributed by atoms with Crippen LogP contribution < -0.4 is 4.74 Å². The fourth-order valence-electron chi connectivity index (χ4n) is 1.04. The molecule has 0 bridgehead atoms. The molecule has 0 aromatic carbocycles. The molecule has 15 heavy (non-hydrogen) atoms. The minimum atomic E-state index is -0.132. The maximum Gasteiger partial charge on any atom is 0.254 e. The van der Waals surface area contributed by atoms with E-state index in [9.17, 15) is 4.79 Å². The molecule has 5 heteroatoms. The first-order chi connectivity index (χ1) is 7.06. The second-order valence-electron chi connectivity index (χ2n) is 3.14. The van der Waals surface area contributed by atoms with Crippen molar-refractivity contribution in [3.63, 3.8) is 0 Å². The lowest BCUT2D eigenvalue weighted by Gasteiger charge is -2.11. The molecule has 1 amide bonds. The summed E-state index contributed by atoms with van der Waals surface area (Å²) in [6.07, 6.45) is 1.46. The van der Waals surface area contributed by atoms with Gasteiger partial charge in [0.2, 0.25) is 5.88 Å². The number of pyridine rings is 1. The largest absolute Gasteiger partial charge is 0.477 e. The summed E-state index contributed by atoms with van der Waals surface area (Å²) in [6.45, 7) is 2.34. The number of halogens is 1. The zero-order valence-electron chi connectivity index (χ0n) is 8.95. The van der Waals surface area contributed by atoms with Gasteiger partial charge in [-0.3, -0.25) is 4.79 Å². The van der Waals surface area contributed by atoms with Gasteiger partial charge in [0.15, 0.2) is 0 Å². The lowest BCUT2D eigenvalue weighted by Crippen LogP contribution is -2.21. The van der Waals surface area contributed by atoms with E-state index in [1.807, 2.05) is 6.92 Å². The molecule has 0 fully saturated rings. The van der Waals surface area contributed by atoms with Crippen molar-refractivity contribution in [1.29, 1.82) is 0 Å². The summed E-state index contributed by atoms with van der Waals surface area (Å²) in [4.78, 5) is 17.0. The Hall–Kier alpha value is -1.29. The fourth-order valence-corrected chi connectivity index (χ4v) is 1.26. The summed E-state index contributed by atoms with van der Waals surface area (Å²) >= 11 is 5.90. The summed E-state index contributed by atoms with van der Waals surface area (Å²) in [5, 5.41) is 0.351. The van der Waals surface area contributed by atoms with Gasteiger partial charge >= 0.3 is 0 Å². The van der Waals surface area contributed by atoms with Crippen molar-refractivity contribution < 1.29 is 9.53 Å². The summed E-state index contributed by atoms with van der Waals surface area (Å²) < 4.78 is 5.16. The van der Waals surface area contributed by atoms with Gasteiger partial charge in [0.05, 0.1) is 12.2 Å². The van der Waals surface area contributed by atoms with Crippen LogP contribution in [0.15, 0.2) is 12.3 Å². The molecule has 0 unspecified atom stereocenters. The summed E-state index contributed by atoms with van der Waals surface area (Å²) in [6, 6.07) is 1.56. The van der Waals surface area contributed by atoms with Gasteiger partial charge < -0.3 is 9.64 Å². The van der Waals surface area contributed by atoms with E-state index < -0.39 is 0 Å². The molecule has 0 radical (unpaired) electrons. The number of carbonyl (C=O) groups excluding carboxylic acids is 1. The van der Waals surface area contributed by atoms with Crippen LogP contribution in [0, 0.1) is 0 Å². The monoisotopic (exact) mass is 228 g/mol. The van der Waals surface area contributed by atoms with E-state index in [0.717, 1.165) is 0 Å². The molecule has 0 spiro atoms. The zero-order valence-corrected chi connectivity index (χ0v) is 9.71. The Balaban J connectivity index is 2.96. The van der Waals surface area contributed by atoms with Crippen LogP contribution in [-0.4, -0.2) is 36.5 Å². The Morgan fingerprint density at radius 3 is 2.73 bits per heavy atom. The predicted octanol–water partition coefficient (Wildman–Crippen LogP) is 1.84. The highest BCUT2D eigenvalue weighted by molar-refractivity contribution is 6.32. The third kappa shape index (κ3) is 2.83. The van der Waals surface area contributed by atoms with E-state index in [2.05, 4.69) is 4.98 Å². The van der Waals surface area contributed by atoms with Crippen molar-refractivity contribution >= 4 is 17.5 Å². The molecular formula is C10H13ClN2O2. The standard InChI is InChI=1S/C10H13ClN2O2/c1-4-15-9-8(11)5-7(6-12-9)10(14)13(2)3/h5-6H,4H2,1-3H3. The van der Waals surface area contributed by atoms with Gasteiger partial charge in [0.1, 0.15) is 5.02 Å². The maximum atomic E-state index is 11.6. The molecule has 1 heterocycles. The predicted molar refractivity (Wildman–Crippen MR) is 58.4 cm³/mol. The summed E-state index contributed by atoms with van der Waals surface area (Å²) in [5.74, 6) is 0.224. The smallest absolute Gasteiger partial charge is 0.254 e. The highest BCUT2D eigenvalue weighted by atomic mass is 35.5. The maximum absolute atomic E-state index is 11.6. The van der Waals surface area contributed by atoms with Crippen molar-refractivity contribution in [1.82, 2.24) is 9.88 Å². The third-order valence-electron chi connectivity index (χ3n) is 1.74. The molecule has 1 aromatic rings. The highest BCUT2D eigenvalue weighted by Gasteiger charge is 2.11. The first kappa shape index (κ1) is 11.8. The second-order valence-corrected chi connectivity index (χ2v) is 3.55. The number of nitrogens with zero attached hydrogens (tertiary/aromatic N) is 2.